The van der Waals surface area contributed by atoms with E-state index in [1.807, 2.05) is 0 Å². The van der Waals surface area contributed by atoms with E-state index in [4.69, 9.17) is 23.2 Å². The SMILES string of the molecule is O=C(Nc1cccc(Cl)c1)c1nnc([C@@H]2CCCN2S(=O)(=O)c2ccc(Cl)cc2)s1. The van der Waals surface area contributed by atoms with Gasteiger partial charge in [0.15, 0.2) is 0 Å². The summed E-state index contributed by atoms with van der Waals surface area (Å²) >= 11 is 12.9. The number of carbonyl (C=O) groups excluding carboxylic acids is 1. The highest BCUT2D eigenvalue weighted by Crippen LogP contribution is 2.38. The number of nitrogens with one attached hydrogen (secondary N) is 1. The highest BCUT2D eigenvalue weighted by Gasteiger charge is 2.38. The number of hydrogen-bond acceptors (Lipinski definition) is 6. The van der Waals surface area contributed by atoms with E-state index in [0.29, 0.717) is 40.1 Å². The second kappa shape index (κ2) is 8.60. The largest absolute Gasteiger partial charge is 0.320 e. The number of nitrogens with zero attached hydrogens (tertiary/aromatic N) is 3. The molecule has 7 nitrogen and oxygen atoms in total. The number of halogens is 2. The quantitative estimate of drug-likeness (QED) is 0.572. The molecule has 3 aromatic rings. The number of hydrogen-bond donors (Lipinski definition) is 1. The van der Waals surface area contributed by atoms with Gasteiger partial charge >= 0.3 is 0 Å². The minimum atomic E-state index is -3.72. The van der Waals surface area contributed by atoms with Gasteiger partial charge in [-0.1, -0.05) is 40.6 Å². The normalized spacial score (nSPS) is 17.2. The third-order valence-corrected chi connectivity index (χ3v) is 8.06. The second-order valence-corrected chi connectivity index (χ2v) is 10.4. The Bertz CT molecular complexity index is 1180. The first-order chi connectivity index (χ1) is 14.3. The molecule has 0 radical (unpaired) electrons. The van der Waals surface area contributed by atoms with Crippen LogP contribution in [0.5, 0.6) is 0 Å². The first-order valence-electron chi connectivity index (χ1n) is 9.02. The molecule has 1 aliphatic heterocycles. The summed E-state index contributed by atoms with van der Waals surface area (Å²) < 4.78 is 27.6. The fourth-order valence-electron chi connectivity index (χ4n) is 3.23. The lowest BCUT2D eigenvalue weighted by Crippen LogP contribution is -2.30. The van der Waals surface area contributed by atoms with Crippen LogP contribution in [-0.4, -0.2) is 35.4 Å². The van der Waals surface area contributed by atoms with Crippen molar-refractivity contribution in [1.29, 1.82) is 0 Å². The van der Waals surface area contributed by atoms with Gasteiger partial charge in [0.05, 0.1) is 10.9 Å². The van der Waals surface area contributed by atoms with E-state index in [2.05, 4.69) is 15.5 Å². The zero-order chi connectivity index (χ0) is 21.3. The second-order valence-electron chi connectivity index (χ2n) is 6.64. The van der Waals surface area contributed by atoms with Crippen LogP contribution in [0.4, 0.5) is 5.69 Å². The molecule has 0 unspecified atom stereocenters. The summed E-state index contributed by atoms with van der Waals surface area (Å²) in [7, 11) is -3.72. The lowest BCUT2D eigenvalue weighted by Gasteiger charge is -2.22. The van der Waals surface area contributed by atoms with E-state index in [-0.39, 0.29) is 9.90 Å². The summed E-state index contributed by atoms with van der Waals surface area (Å²) in [5.74, 6) is -0.425. The maximum absolute atomic E-state index is 13.1. The summed E-state index contributed by atoms with van der Waals surface area (Å²) in [5, 5.41) is 12.4. The van der Waals surface area contributed by atoms with Crippen LogP contribution in [0.1, 0.15) is 33.7 Å². The van der Waals surface area contributed by atoms with Gasteiger partial charge in [-0.25, -0.2) is 8.42 Å². The minimum absolute atomic E-state index is 0.153. The minimum Gasteiger partial charge on any atom is -0.320 e. The van der Waals surface area contributed by atoms with Gasteiger partial charge in [0.2, 0.25) is 15.0 Å². The molecular formula is C19H16Cl2N4O3S2. The molecule has 4 rings (SSSR count). The molecule has 1 atom stereocenters. The van der Waals surface area contributed by atoms with Crippen LogP contribution < -0.4 is 5.32 Å². The van der Waals surface area contributed by atoms with Gasteiger partial charge in [-0.15, -0.1) is 10.2 Å². The van der Waals surface area contributed by atoms with Gasteiger partial charge in [-0.05, 0) is 55.3 Å². The van der Waals surface area contributed by atoms with Crippen molar-refractivity contribution in [3.05, 3.63) is 68.6 Å². The summed E-state index contributed by atoms with van der Waals surface area (Å²) in [6.07, 6.45) is 1.30. The van der Waals surface area contributed by atoms with Crippen LogP contribution in [0, 0.1) is 0 Å². The van der Waals surface area contributed by atoms with E-state index in [0.717, 1.165) is 11.3 Å². The highest BCUT2D eigenvalue weighted by atomic mass is 35.5. The van der Waals surface area contributed by atoms with Crippen LogP contribution in [0.3, 0.4) is 0 Å². The third-order valence-electron chi connectivity index (χ3n) is 4.63. The molecule has 30 heavy (non-hydrogen) atoms. The lowest BCUT2D eigenvalue weighted by molar-refractivity contribution is 0.102. The predicted octanol–water partition coefficient (Wildman–Crippen LogP) is 4.62. The molecule has 1 aliphatic rings. The molecule has 156 valence electrons. The van der Waals surface area contributed by atoms with E-state index >= 15 is 0 Å². The molecular weight excluding hydrogens is 467 g/mol. The van der Waals surface area contributed by atoms with Crippen molar-refractivity contribution in [2.75, 3.05) is 11.9 Å². The average Bonchev–Trinajstić information content (AvgIpc) is 3.38. The number of anilines is 1. The molecule has 0 spiro atoms. The molecule has 0 saturated carbocycles. The monoisotopic (exact) mass is 482 g/mol. The first kappa shape index (κ1) is 21.2. The zero-order valence-corrected chi connectivity index (χ0v) is 18.6. The molecule has 1 aromatic heterocycles. The maximum atomic E-state index is 13.1. The van der Waals surface area contributed by atoms with E-state index in [9.17, 15) is 13.2 Å². The average molecular weight is 483 g/mol. The molecule has 11 heteroatoms. The van der Waals surface area contributed by atoms with Gasteiger partial charge in [0, 0.05) is 22.3 Å². The van der Waals surface area contributed by atoms with Gasteiger partial charge < -0.3 is 5.32 Å². The van der Waals surface area contributed by atoms with Crippen molar-refractivity contribution in [2.45, 2.75) is 23.8 Å². The molecule has 0 bridgehead atoms. The van der Waals surface area contributed by atoms with Crippen molar-refractivity contribution in [1.82, 2.24) is 14.5 Å². The fraction of sp³-hybridized carbons (Fsp3) is 0.211. The van der Waals surface area contributed by atoms with Crippen molar-refractivity contribution in [2.24, 2.45) is 0 Å². The Morgan fingerprint density at radius 2 is 1.87 bits per heavy atom. The number of benzene rings is 2. The Hall–Kier alpha value is -2.04. The van der Waals surface area contributed by atoms with Gasteiger partial charge in [0.25, 0.3) is 5.91 Å². The van der Waals surface area contributed by atoms with E-state index in [1.165, 1.54) is 16.4 Å². The molecule has 0 aliphatic carbocycles. The van der Waals surface area contributed by atoms with E-state index in [1.54, 1.807) is 36.4 Å². The van der Waals surface area contributed by atoms with Crippen LogP contribution in [0.2, 0.25) is 10.0 Å². The topological polar surface area (TPSA) is 92.3 Å². The van der Waals surface area contributed by atoms with Gasteiger partial charge in [-0.3, -0.25) is 4.79 Å². The number of rotatable bonds is 5. The molecule has 1 fully saturated rings. The van der Waals surface area contributed by atoms with Gasteiger partial charge in [0.1, 0.15) is 5.01 Å². The van der Waals surface area contributed by atoms with Crippen LogP contribution in [-0.2, 0) is 10.0 Å². The van der Waals surface area contributed by atoms with E-state index < -0.39 is 22.0 Å². The number of amides is 1. The van der Waals surface area contributed by atoms with Crippen molar-refractivity contribution in [3.8, 4) is 0 Å². The summed E-state index contributed by atoms with van der Waals surface area (Å²) in [4.78, 5) is 12.7. The Balaban J connectivity index is 1.54. The Labute approximate surface area is 187 Å². The molecule has 2 heterocycles. The zero-order valence-electron chi connectivity index (χ0n) is 15.5. The number of carbonyl (C=O) groups is 1. The fourth-order valence-corrected chi connectivity index (χ4v) is 6.16. The van der Waals surface area contributed by atoms with Crippen LogP contribution >= 0.6 is 34.5 Å². The first-order valence-corrected chi connectivity index (χ1v) is 12.0. The summed E-state index contributed by atoms with van der Waals surface area (Å²) in [6.45, 7) is 0.374. The standard InChI is InChI=1S/C19H16Cl2N4O3S2/c20-12-6-8-15(9-7-12)30(27,28)25-10-2-5-16(25)18-23-24-19(29-18)17(26)22-14-4-1-3-13(21)11-14/h1,3-4,6-9,11,16H,2,5,10H2,(H,22,26)/t16-/m0/s1. The van der Waals surface area contributed by atoms with Gasteiger partial charge in [-0.2, -0.15) is 4.31 Å². The number of sulfonamides is 1. The Morgan fingerprint density at radius 1 is 1.10 bits per heavy atom. The summed E-state index contributed by atoms with van der Waals surface area (Å²) in [5.41, 5.74) is 0.539. The highest BCUT2D eigenvalue weighted by molar-refractivity contribution is 7.89. The maximum Gasteiger partial charge on any atom is 0.286 e. The predicted molar refractivity (Wildman–Crippen MR) is 117 cm³/mol. The molecule has 1 amide bonds. The Kier molecular flexibility index (Phi) is 6.08. The van der Waals surface area contributed by atoms with Crippen LogP contribution in [0.15, 0.2) is 53.4 Å². The number of aromatic nitrogens is 2. The summed E-state index contributed by atoms with van der Waals surface area (Å²) in [6, 6.07) is 12.4. The smallest absolute Gasteiger partial charge is 0.286 e. The van der Waals surface area contributed by atoms with Crippen molar-refractivity contribution >= 4 is 56.2 Å². The third kappa shape index (κ3) is 4.35. The van der Waals surface area contributed by atoms with Crippen molar-refractivity contribution < 1.29 is 13.2 Å². The Morgan fingerprint density at radius 3 is 2.60 bits per heavy atom. The molecule has 1 N–H and O–H groups in total. The van der Waals surface area contributed by atoms with Crippen molar-refractivity contribution in [3.63, 3.8) is 0 Å². The lowest BCUT2D eigenvalue weighted by atomic mass is 10.2. The molecule has 1 saturated heterocycles. The molecule has 2 aromatic carbocycles. The van der Waals surface area contributed by atoms with Crippen LogP contribution in [0.25, 0.3) is 0 Å².